The van der Waals surface area contributed by atoms with E-state index in [1.165, 1.54) is 6.07 Å². The Labute approximate surface area is 259 Å². The van der Waals surface area contributed by atoms with Crippen LogP contribution in [0.25, 0.3) is 11.3 Å². The molecule has 12 heteroatoms. The number of rotatable bonds is 6. The first-order valence-electron chi connectivity index (χ1n) is 14.9. The van der Waals surface area contributed by atoms with Crippen LogP contribution in [0.1, 0.15) is 60.4 Å². The second-order valence-electron chi connectivity index (χ2n) is 11.9. The number of amides is 1. The van der Waals surface area contributed by atoms with Crippen LogP contribution in [-0.4, -0.2) is 71.6 Å². The van der Waals surface area contributed by atoms with E-state index in [0.29, 0.717) is 37.5 Å². The molecular weight excluding hydrogens is 585 g/mol. The van der Waals surface area contributed by atoms with Gasteiger partial charge in [-0.15, -0.1) is 0 Å². The maximum atomic E-state index is 14.0. The number of nitriles is 1. The van der Waals surface area contributed by atoms with E-state index in [1.807, 2.05) is 48.5 Å². The number of aromatic nitrogens is 2. The summed E-state index contributed by atoms with van der Waals surface area (Å²) in [5.41, 5.74) is 2.45. The van der Waals surface area contributed by atoms with Crippen LogP contribution in [0.15, 0.2) is 54.9 Å². The second kappa shape index (κ2) is 13.2. The number of carboxylic acid groups (broad SMARTS) is 1. The molecule has 1 amide bonds. The molecule has 9 nitrogen and oxygen atoms in total. The number of hydrogen-bond donors (Lipinski definition) is 2. The van der Waals surface area contributed by atoms with Crippen LogP contribution in [-0.2, 0) is 21.2 Å². The third kappa shape index (κ3) is 6.93. The Kier molecular flexibility index (Phi) is 9.39. The number of anilines is 1. The van der Waals surface area contributed by atoms with Crippen LogP contribution in [0.2, 0.25) is 0 Å². The SMILES string of the molecule is CN1CC[C@H](NC(=O)C2(c3ccc(-c4cccnc4C4CC4)nc3)CCN(c3ccc(C(F)(F)F)cc3C#N)CC2)C1.O=CO. The summed E-state index contributed by atoms with van der Waals surface area (Å²) in [5.74, 6) is 0.419. The van der Waals surface area contributed by atoms with Gasteiger partial charge < -0.3 is 20.2 Å². The molecule has 0 bridgehead atoms. The fourth-order valence-electron chi connectivity index (χ4n) is 6.38. The van der Waals surface area contributed by atoms with Crippen LogP contribution in [0.5, 0.6) is 0 Å². The van der Waals surface area contributed by atoms with Crippen molar-refractivity contribution in [2.45, 2.75) is 55.7 Å². The highest BCUT2D eigenvalue weighted by molar-refractivity contribution is 5.89. The molecule has 236 valence electrons. The van der Waals surface area contributed by atoms with Crippen molar-refractivity contribution in [3.63, 3.8) is 0 Å². The van der Waals surface area contributed by atoms with Gasteiger partial charge in [-0.1, -0.05) is 6.07 Å². The lowest BCUT2D eigenvalue weighted by Crippen LogP contribution is -2.54. The number of benzene rings is 1. The zero-order valence-corrected chi connectivity index (χ0v) is 24.9. The average molecular weight is 621 g/mol. The molecule has 0 radical (unpaired) electrons. The van der Waals surface area contributed by atoms with E-state index in [0.717, 1.165) is 67.0 Å². The lowest BCUT2D eigenvalue weighted by molar-refractivity contribution is -0.137. The van der Waals surface area contributed by atoms with Crippen molar-refractivity contribution >= 4 is 18.1 Å². The van der Waals surface area contributed by atoms with Crippen molar-refractivity contribution in [2.24, 2.45) is 0 Å². The number of likely N-dealkylation sites (tertiary alicyclic amines) is 1. The van der Waals surface area contributed by atoms with Gasteiger partial charge in [0.1, 0.15) is 6.07 Å². The Bertz CT molecular complexity index is 1560. The van der Waals surface area contributed by atoms with Crippen molar-refractivity contribution < 1.29 is 27.9 Å². The molecule has 4 heterocycles. The third-order valence-electron chi connectivity index (χ3n) is 8.96. The predicted octanol–water partition coefficient (Wildman–Crippen LogP) is 4.97. The summed E-state index contributed by atoms with van der Waals surface area (Å²) in [6.07, 6.45) is 3.10. The number of carbonyl (C=O) groups excluding carboxylic acids is 1. The number of nitrogens with zero attached hydrogens (tertiary/aromatic N) is 5. The molecule has 1 aliphatic carbocycles. The minimum absolute atomic E-state index is 0.0234. The van der Waals surface area contributed by atoms with E-state index in [1.54, 1.807) is 6.20 Å². The Balaban J connectivity index is 0.00000128. The minimum Gasteiger partial charge on any atom is -0.483 e. The summed E-state index contributed by atoms with van der Waals surface area (Å²) < 4.78 is 39.8. The predicted molar refractivity (Wildman–Crippen MR) is 161 cm³/mol. The molecule has 0 spiro atoms. The van der Waals surface area contributed by atoms with Gasteiger partial charge in [0.05, 0.1) is 33.6 Å². The molecule has 1 aromatic carbocycles. The van der Waals surface area contributed by atoms with Gasteiger partial charge in [0.25, 0.3) is 6.47 Å². The second-order valence-corrected chi connectivity index (χ2v) is 11.9. The number of halogens is 3. The number of piperidine rings is 1. The summed E-state index contributed by atoms with van der Waals surface area (Å²) in [7, 11) is 2.04. The molecule has 0 unspecified atom stereocenters. The Hall–Kier alpha value is -4.50. The van der Waals surface area contributed by atoms with Gasteiger partial charge in [0, 0.05) is 49.6 Å². The fraction of sp³-hybridized carbons (Fsp3) is 0.424. The van der Waals surface area contributed by atoms with Crippen molar-refractivity contribution in [3.05, 3.63) is 77.2 Å². The Morgan fingerprint density at radius 3 is 2.42 bits per heavy atom. The van der Waals surface area contributed by atoms with Gasteiger partial charge >= 0.3 is 6.18 Å². The highest BCUT2D eigenvalue weighted by atomic mass is 19.4. The van der Waals surface area contributed by atoms with Crippen molar-refractivity contribution in [2.75, 3.05) is 38.1 Å². The first-order valence-corrected chi connectivity index (χ1v) is 14.9. The van der Waals surface area contributed by atoms with Crippen molar-refractivity contribution in [3.8, 4) is 17.3 Å². The molecule has 3 aromatic rings. The zero-order chi connectivity index (χ0) is 32.2. The zero-order valence-electron chi connectivity index (χ0n) is 24.9. The molecule has 6 rings (SSSR count). The van der Waals surface area contributed by atoms with Crippen LogP contribution in [0.4, 0.5) is 18.9 Å². The normalized spacial score (nSPS) is 19.6. The summed E-state index contributed by atoms with van der Waals surface area (Å²) in [6, 6.07) is 13.2. The number of alkyl halides is 3. The molecule has 1 atom stereocenters. The van der Waals surface area contributed by atoms with Gasteiger partial charge in [-0.05, 0) is 87.7 Å². The number of hydrogen-bond acceptors (Lipinski definition) is 7. The molecule has 45 heavy (non-hydrogen) atoms. The van der Waals surface area contributed by atoms with E-state index in [9.17, 15) is 23.2 Å². The fourth-order valence-corrected chi connectivity index (χ4v) is 6.38. The molecule has 2 aromatic heterocycles. The summed E-state index contributed by atoms with van der Waals surface area (Å²) in [5, 5.41) is 19.8. The van der Waals surface area contributed by atoms with Crippen molar-refractivity contribution in [1.82, 2.24) is 20.2 Å². The molecule has 2 aliphatic heterocycles. The van der Waals surface area contributed by atoms with Gasteiger partial charge in [0.15, 0.2) is 0 Å². The number of carbonyl (C=O) groups is 2. The lowest BCUT2D eigenvalue weighted by atomic mass is 9.72. The number of pyridine rings is 2. The highest BCUT2D eigenvalue weighted by Crippen LogP contribution is 2.44. The molecule has 3 fully saturated rings. The molecule has 3 aliphatic rings. The van der Waals surface area contributed by atoms with E-state index >= 15 is 0 Å². The number of nitrogens with one attached hydrogen (secondary N) is 1. The van der Waals surface area contributed by atoms with E-state index in [-0.39, 0.29) is 24.0 Å². The first-order chi connectivity index (χ1) is 21.6. The maximum Gasteiger partial charge on any atom is 0.416 e. The van der Waals surface area contributed by atoms with Crippen LogP contribution < -0.4 is 10.2 Å². The minimum atomic E-state index is -4.53. The summed E-state index contributed by atoms with van der Waals surface area (Å²) in [6.45, 7) is 2.27. The van der Waals surface area contributed by atoms with Gasteiger partial charge in [0.2, 0.25) is 5.91 Å². The summed E-state index contributed by atoms with van der Waals surface area (Å²) in [4.78, 5) is 35.9. The number of likely N-dealkylation sites (N-methyl/N-ethyl adjacent to an activating group) is 1. The highest BCUT2D eigenvalue weighted by Gasteiger charge is 2.45. The quantitative estimate of drug-likeness (QED) is 0.371. The van der Waals surface area contributed by atoms with E-state index < -0.39 is 17.2 Å². The smallest absolute Gasteiger partial charge is 0.416 e. The van der Waals surface area contributed by atoms with E-state index in [2.05, 4.69) is 15.2 Å². The maximum absolute atomic E-state index is 14.0. The van der Waals surface area contributed by atoms with Crippen LogP contribution in [0, 0.1) is 11.3 Å². The van der Waals surface area contributed by atoms with Gasteiger partial charge in [-0.2, -0.15) is 18.4 Å². The van der Waals surface area contributed by atoms with E-state index in [4.69, 9.17) is 14.9 Å². The van der Waals surface area contributed by atoms with Gasteiger partial charge in [-0.3, -0.25) is 19.6 Å². The lowest BCUT2D eigenvalue weighted by Gasteiger charge is -2.42. The van der Waals surface area contributed by atoms with Gasteiger partial charge in [-0.25, -0.2) is 0 Å². The Morgan fingerprint density at radius 1 is 1.11 bits per heavy atom. The summed E-state index contributed by atoms with van der Waals surface area (Å²) >= 11 is 0. The van der Waals surface area contributed by atoms with Crippen LogP contribution in [0.3, 0.4) is 0 Å². The van der Waals surface area contributed by atoms with Crippen LogP contribution >= 0.6 is 0 Å². The standard InChI is InChI=1S/C32H33F3N6O.CH2O2/c1-40-14-10-25(20-40)39-30(42)31(24-6-8-27(38-19-24)26-3-2-13-37-29(26)21-4-5-21)11-15-41(16-12-31)28-9-7-23(32(33,34)35)17-22(28)18-36;2-1-3/h2-3,6-9,13,17,19,21,25H,4-5,10-12,14-16,20H2,1H3,(H,39,42);1H,(H,2,3)/t25-;/m0./s1. The molecule has 2 saturated heterocycles. The largest absolute Gasteiger partial charge is 0.483 e. The average Bonchev–Trinajstić information content (AvgIpc) is 3.81. The third-order valence-corrected chi connectivity index (χ3v) is 8.96. The molecule has 1 saturated carbocycles. The van der Waals surface area contributed by atoms with Crippen molar-refractivity contribution in [1.29, 1.82) is 5.26 Å². The molecule has 2 N–H and O–H groups in total. The topological polar surface area (TPSA) is 122 Å². The molecular formula is C33H35F3N6O3. The first kappa shape index (κ1) is 31.9. The Morgan fingerprint density at radius 2 is 1.84 bits per heavy atom. The monoisotopic (exact) mass is 620 g/mol.